The topological polar surface area (TPSA) is 26.3 Å². The molecule has 0 fully saturated rings. The Kier molecular flexibility index (Phi) is 8.51. The highest BCUT2D eigenvalue weighted by molar-refractivity contribution is 5.97. The second-order valence-electron chi connectivity index (χ2n) is 9.52. The van der Waals surface area contributed by atoms with Crippen molar-refractivity contribution in [2.24, 2.45) is 0 Å². The van der Waals surface area contributed by atoms with Gasteiger partial charge in [-0.2, -0.15) is 0 Å². The van der Waals surface area contributed by atoms with Gasteiger partial charge in [-0.05, 0) is 59.9 Å². The van der Waals surface area contributed by atoms with Gasteiger partial charge in [0.15, 0.2) is 5.78 Å². The van der Waals surface area contributed by atoms with E-state index < -0.39 is 0 Å². The molecule has 0 aromatic heterocycles. The van der Waals surface area contributed by atoms with Crippen molar-refractivity contribution in [3.63, 3.8) is 0 Å². The Bertz CT molecular complexity index is 877. The first-order chi connectivity index (χ1) is 15.0. The standard InChI is InChI=1S/C29H38O2/c1-4-5-6-12-19-29(2,3)25-17-18-27(24-15-10-11-16-26(30)20-24)28(21-25)31-22-23-13-8-7-9-14-23/h7-9,13-14,17-18,20-21H,4-6,10-12,15-16,19,22H2,1-3H3. The Hall–Kier alpha value is -2.35. The van der Waals surface area contributed by atoms with Crippen molar-refractivity contribution in [1.82, 2.24) is 0 Å². The number of carbonyl (C=O) groups excluding carboxylic acids is 1. The van der Waals surface area contributed by atoms with E-state index in [1.54, 1.807) is 0 Å². The zero-order valence-electron chi connectivity index (χ0n) is 19.6. The second-order valence-corrected chi connectivity index (χ2v) is 9.52. The molecular weight excluding hydrogens is 380 g/mol. The summed E-state index contributed by atoms with van der Waals surface area (Å²) in [6.07, 6.45) is 11.8. The lowest BCUT2D eigenvalue weighted by molar-refractivity contribution is -0.114. The number of hydrogen-bond acceptors (Lipinski definition) is 2. The average Bonchev–Trinajstić information content (AvgIpc) is 3.00. The minimum Gasteiger partial charge on any atom is -0.488 e. The van der Waals surface area contributed by atoms with Gasteiger partial charge in [-0.15, -0.1) is 0 Å². The summed E-state index contributed by atoms with van der Waals surface area (Å²) in [5.74, 6) is 1.14. The van der Waals surface area contributed by atoms with E-state index in [4.69, 9.17) is 4.74 Å². The number of rotatable bonds is 10. The summed E-state index contributed by atoms with van der Waals surface area (Å²) in [5, 5.41) is 0. The molecule has 1 aliphatic carbocycles. The molecule has 0 saturated heterocycles. The van der Waals surface area contributed by atoms with Gasteiger partial charge < -0.3 is 4.74 Å². The van der Waals surface area contributed by atoms with Crippen molar-refractivity contribution < 1.29 is 9.53 Å². The molecule has 0 bridgehead atoms. The molecule has 2 aromatic rings. The SMILES string of the molecule is CCCCCCC(C)(C)c1ccc(C2=CC(=O)CCCC2)c(OCc2ccccc2)c1. The molecular formula is C29H38O2. The first-order valence-electron chi connectivity index (χ1n) is 12.0. The Morgan fingerprint density at radius 1 is 0.935 bits per heavy atom. The molecule has 2 nitrogen and oxygen atoms in total. The zero-order chi connectivity index (χ0) is 22.1. The number of unbranched alkanes of at least 4 members (excludes halogenated alkanes) is 3. The number of allylic oxidation sites excluding steroid dienone is 2. The Morgan fingerprint density at radius 3 is 2.48 bits per heavy atom. The van der Waals surface area contributed by atoms with E-state index in [1.807, 2.05) is 24.3 Å². The van der Waals surface area contributed by atoms with Gasteiger partial charge in [-0.3, -0.25) is 4.79 Å². The predicted molar refractivity (Wildman–Crippen MR) is 130 cm³/mol. The van der Waals surface area contributed by atoms with E-state index in [0.29, 0.717) is 13.0 Å². The van der Waals surface area contributed by atoms with Gasteiger partial charge in [0.05, 0.1) is 0 Å². The van der Waals surface area contributed by atoms with Crippen LogP contribution < -0.4 is 4.74 Å². The van der Waals surface area contributed by atoms with Crippen molar-refractivity contribution in [2.45, 2.75) is 90.6 Å². The van der Waals surface area contributed by atoms with Crippen molar-refractivity contribution in [3.8, 4) is 5.75 Å². The second kappa shape index (κ2) is 11.3. The maximum atomic E-state index is 12.2. The van der Waals surface area contributed by atoms with E-state index in [-0.39, 0.29) is 11.2 Å². The van der Waals surface area contributed by atoms with Gasteiger partial charge in [0.2, 0.25) is 0 Å². The van der Waals surface area contributed by atoms with Gasteiger partial charge >= 0.3 is 0 Å². The highest BCUT2D eigenvalue weighted by Crippen LogP contribution is 2.37. The van der Waals surface area contributed by atoms with Crippen LogP contribution in [0.5, 0.6) is 5.75 Å². The van der Waals surface area contributed by atoms with Crippen LogP contribution in [0.4, 0.5) is 0 Å². The first kappa shape index (κ1) is 23.3. The van der Waals surface area contributed by atoms with Crippen molar-refractivity contribution in [3.05, 3.63) is 71.3 Å². The van der Waals surface area contributed by atoms with Crippen molar-refractivity contribution >= 4 is 11.4 Å². The molecule has 0 aliphatic heterocycles. The molecule has 0 atom stereocenters. The molecule has 0 saturated carbocycles. The lowest BCUT2D eigenvalue weighted by atomic mass is 9.79. The van der Waals surface area contributed by atoms with Crippen LogP contribution in [0.2, 0.25) is 0 Å². The molecule has 0 amide bonds. The lowest BCUT2D eigenvalue weighted by Gasteiger charge is -2.27. The summed E-state index contributed by atoms with van der Waals surface area (Å²) < 4.78 is 6.38. The Balaban J connectivity index is 1.88. The summed E-state index contributed by atoms with van der Waals surface area (Å²) in [6, 6.07) is 17.0. The summed E-state index contributed by atoms with van der Waals surface area (Å²) in [7, 11) is 0. The van der Waals surface area contributed by atoms with Gasteiger partial charge in [0, 0.05) is 12.0 Å². The average molecular weight is 419 g/mol. The maximum Gasteiger partial charge on any atom is 0.155 e. The Labute approximate surface area is 188 Å². The fourth-order valence-corrected chi connectivity index (χ4v) is 4.37. The largest absolute Gasteiger partial charge is 0.488 e. The third-order valence-electron chi connectivity index (χ3n) is 6.46. The fourth-order valence-electron chi connectivity index (χ4n) is 4.37. The molecule has 3 rings (SSSR count). The summed E-state index contributed by atoms with van der Waals surface area (Å²) >= 11 is 0. The van der Waals surface area contributed by atoms with E-state index >= 15 is 0 Å². The number of ketones is 1. The van der Waals surface area contributed by atoms with Gasteiger partial charge in [-0.25, -0.2) is 0 Å². The third-order valence-corrected chi connectivity index (χ3v) is 6.46. The van der Waals surface area contributed by atoms with Crippen LogP contribution in [0.3, 0.4) is 0 Å². The molecule has 1 aliphatic rings. The number of benzene rings is 2. The smallest absolute Gasteiger partial charge is 0.155 e. The van der Waals surface area contributed by atoms with E-state index in [0.717, 1.165) is 41.7 Å². The van der Waals surface area contributed by atoms with Crippen LogP contribution >= 0.6 is 0 Å². The van der Waals surface area contributed by atoms with E-state index in [9.17, 15) is 4.79 Å². The molecule has 166 valence electrons. The number of hydrogen-bond donors (Lipinski definition) is 0. The minimum atomic E-state index is 0.102. The molecule has 0 spiro atoms. The predicted octanol–water partition coefficient (Wildman–Crippen LogP) is 8.04. The molecule has 0 radical (unpaired) electrons. The van der Waals surface area contributed by atoms with Crippen LogP contribution in [0.1, 0.15) is 95.2 Å². The molecule has 2 aromatic carbocycles. The van der Waals surface area contributed by atoms with E-state index in [2.05, 4.69) is 51.1 Å². The quantitative estimate of drug-likeness (QED) is 0.365. The van der Waals surface area contributed by atoms with Crippen LogP contribution in [0.25, 0.3) is 5.57 Å². The van der Waals surface area contributed by atoms with Gasteiger partial charge in [0.25, 0.3) is 0 Å². The minimum absolute atomic E-state index is 0.102. The fraction of sp³-hybridized carbons (Fsp3) is 0.483. The molecule has 2 heteroatoms. The zero-order valence-corrected chi connectivity index (χ0v) is 19.6. The van der Waals surface area contributed by atoms with Crippen LogP contribution in [0, 0.1) is 0 Å². The van der Waals surface area contributed by atoms with Crippen molar-refractivity contribution in [1.29, 1.82) is 0 Å². The summed E-state index contributed by atoms with van der Waals surface area (Å²) in [6.45, 7) is 7.47. The normalized spacial score (nSPS) is 14.8. The Morgan fingerprint density at radius 2 is 1.71 bits per heavy atom. The molecule has 0 unspecified atom stereocenters. The molecule has 0 N–H and O–H groups in total. The lowest BCUT2D eigenvalue weighted by Crippen LogP contribution is -2.17. The van der Waals surface area contributed by atoms with Gasteiger partial charge in [-0.1, -0.05) is 88.9 Å². The summed E-state index contributed by atoms with van der Waals surface area (Å²) in [4.78, 5) is 12.2. The molecule has 31 heavy (non-hydrogen) atoms. The third kappa shape index (κ3) is 6.82. The van der Waals surface area contributed by atoms with E-state index in [1.165, 1.54) is 37.7 Å². The van der Waals surface area contributed by atoms with Crippen LogP contribution in [-0.4, -0.2) is 5.78 Å². The highest BCUT2D eigenvalue weighted by atomic mass is 16.5. The maximum absolute atomic E-state index is 12.2. The summed E-state index contributed by atoms with van der Waals surface area (Å²) in [5.41, 5.74) is 4.78. The monoisotopic (exact) mass is 418 g/mol. The number of ether oxygens (including phenoxy) is 1. The highest BCUT2D eigenvalue weighted by Gasteiger charge is 2.23. The van der Waals surface area contributed by atoms with Crippen molar-refractivity contribution in [2.75, 3.05) is 0 Å². The van der Waals surface area contributed by atoms with Gasteiger partial charge in [0.1, 0.15) is 12.4 Å². The number of carbonyl (C=O) groups is 1. The van der Waals surface area contributed by atoms with Crippen LogP contribution in [-0.2, 0) is 16.8 Å². The first-order valence-corrected chi connectivity index (χ1v) is 12.0. The van der Waals surface area contributed by atoms with Crippen LogP contribution in [0.15, 0.2) is 54.6 Å². The molecule has 0 heterocycles.